The molecule has 3 aromatic rings. The first-order valence-electron chi connectivity index (χ1n) is 8.72. The summed E-state index contributed by atoms with van der Waals surface area (Å²) in [5.41, 5.74) is 1.68. The Bertz CT molecular complexity index is 842. The average Bonchev–Trinajstić information content (AvgIpc) is 3.38. The fourth-order valence-corrected chi connectivity index (χ4v) is 3.30. The van der Waals surface area contributed by atoms with Crippen molar-refractivity contribution in [2.24, 2.45) is 0 Å². The van der Waals surface area contributed by atoms with Gasteiger partial charge in [0, 0.05) is 0 Å². The summed E-state index contributed by atoms with van der Waals surface area (Å²) in [6.45, 7) is 1.88. The second kappa shape index (κ2) is 7.45. The van der Waals surface area contributed by atoms with E-state index in [1.807, 2.05) is 36.4 Å². The van der Waals surface area contributed by atoms with E-state index in [-0.39, 0.29) is 11.9 Å². The summed E-state index contributed by atoms with van der Waals surface area (Å²) in [5, 5.41) is 7.05. The molecule has 7 heteroatoms. The van der Waals surface area contributed by atoms with Crippen LogP contribution < -0.4 is 5.32 Å². The summed E-state index contributed by atoms with van der Waals surface area (Å²) in [5.74, 6) is 0.619. The van der Waals surface area contributed by atoms with Gasteiger partial charge in [-0.1, -0.05) is 30.3 Å². The van der Waals surface area contributed by atoms with Gasteiger partial charge in [0.2, 0.25) is 5.91 Å². The number of carbonyl (C=O) groups is 1. The SMILES string of the molecule is O=C(Nc1ccc(-n2cncn2)nc1)[C@@H](c1ccccc1)N1CCCC1. The maximum absolute atomic E-state index is 13.0. The van der Waals surface area contributed by atoms with E-state index in [9.17, 15) is 4.79 Å². The highest BCUT2D eigenvalue weighted by molar-refractivity contribution is 5.95. The molecule has 1 aliphatic heterocycles. The number of nitrogens with one attached hydrogen (secondary N) is 1. The summed E-state index contributed by atoms with van der Waals surface area (Å²) in [7, 11) is 0. The molecular weight excluding hydrogens is 328 g/mol. The predicted octanol–water partition coefficient (Wildman–Crippen LogP) is 2.44. The Labute approximate surface area is 151 Å². The maximum Gasteiger partial charge on any atom is 0.246 e. The van der Waals surface area contributed by atoms with Crippen LogP contribution in [0.5, 0.6) is 0 Å². The minimum Gasteiger partial charge on any atom is -0.323 e. The lowest BCUT2D eigenvalue weighted by molar-refractivity contribution is -0.121. The van der Waals surface area contributed by atoms with Crippen molar-refractivity contribution in [1.82, 2.24) is 24.6 Å². The van der Waals surface area contributed by atoms with E-state index >= 15 is 0 Å². The largest absolute Gasteiger partial charge is 0.323 e. The van der Waals surface area contributed by atoms with E-state index in [1.165, 1.54) is 6.33 Å². The maximum atomic E-state index is 13.0. The monoisotopic (exact) mass is 348 g/mol. The summed E-state index contributed by atoms with van der Waals surface area (Å²) in [6, 6.07) is 13.3. The highest BCUT2D eigenvalue weighted by Gasteiger charge is 2.29. The third-order valence-corrected chi connectivity index (χ3v) is 4.54. The Kier molecular flexibility index (Phi) is 4.70. The highest BCUT2D eigenvalue weighted by atomic mass is 16.2. The fraction of sp³-hybridized carbons (Fsp3) is 0.263. The second-order valence-corrected chi connectivity index (χ2v) is 6.29. The Balaban J connectivity index is 1.52. The molecule has 1 aromatic carbocycles. The molecule has 1 atom stereocenters. The summed E-state index contributed by atoms with van der Waals surface area (Å²) >= 11 is 0. The molecule has 3 heterocycles. The van der Waals surface area contributed by atoms with Crippen molar-refractivity contribution in [3.05, 3.63) is 66.9 Å². The van der Waals surface area contributed by atoms with Crippen molar-refractivity contribution in [2.45, 2.75) is 18.9 Å². The van der Waals surface area contributed by atoms with Crippen LogP contribution in [0.15, 0.2) is 61.3 Å². The van der Waals surface area contributed by atoms with Crippen molar-refractivity contribution in [1.29, 1.82) is 0 Å². The quantitative estimate of drug-likeness (QED) is 0.766. The molecular formula is C19H20N6O. The Morgan fingerprint density at radius 3 is 2.54 bits per heavy atom. The first kappa shape index (κ1) is 16.4. The number of hydrogen-bond donors (Lipinski definition) is 1. The van der Waals surface area contributed by atoms with E-state index in [0.717, 1.165) is 31.5 Å². The topological polar surface area (TPSA) is 75.9 Å². The lowest BCUT2D eigenvalue weighted by Gasteiger charge is -2.26. The van der Waals surface area contributed by atoms with Crippen LogP contribution in [-0.2, 0) is 4.79 Å². The molecule has 1 saturated heterocycles. The van der Waals surface area contributed by atoms with Crippen LogP contribution >= 0.6 is 0 Å². The number of rotatable bonds is 5. The van der Waals surface area contributed by atoms with E-state index in [0.29, 0.717) is 11.5 Å². The smallest absolute Gasteiger partial charge is 0.246 e. The van der Waals surface area contributed by atoms with Gasteiger partial charge in [-0.15, -0.1) is 0 Å². The first-order valence-corrected chi connectivity index (χ1v) is 8.72. The van der Waals surface area contributed by atoms with Gasteiger partial charge in [0.25, 0.3) is 0 Å². The van der Waals surface area contributed by atoms with E-state index in [1.54, 1.807) is 23.3 Å². The van der Waals surface area contributed by atoms with Gasteiger partial charge in [0.15, 0.2) is 5.82 Å². The molecule has 2 aromatic heterocycles. The number of aromatic nitrogens is 4. The van der Waals surface area contributed by atoms with Gasteiger partial charge >= 0.3 is 0 Å². The van der Waals surface area contributed by atoms with Gasteiger partial charge in [-0.3, -0.25) is 9.69 Å². The number of benzene rings is 1. The second-order valence-electron chi connectivity index (χ2n) is 6.29. The lowest BCUT2D eigenvalue weighted by Crippen LogP contribution is -2.35. The third kappa shape index (κ3) is 3.48. The third-order valence-electron chi connectivity index (χ3n) is 4.54. The fourth-order valence-electron chi connectivity index (χ4n) is 3.30. The molecule has 0 spiro atoms. The molecule has 26 heavy (non-hydrogen) atoms. The van der Waals surface area contributed by atoms with Crippen LogP contribution in [-0.4, -0.2) is 43.6 Å². The number of anilines is 1. The molecule has 0 radical (unpaired) electrons. The molecule has 1 amide bonds. The molecule has 1 fully saturated rings. The van der Waals surface area contributed by atoms with Gasteiger partial charge in [-0.2, -0.15) is 5.10 Å². The van der Waals surface area contributed by atoms with Crippen molar-refractivity contribution >= 4 is 11.6 Å². The van der Waals surface area contributed by atoms with Crippen LogP contribution in [0.2, 0.25) is 0 Å². The summed E-state index contributed by atoms with van der Waals surface area (Å²) < 4.78 is 1.57. The number of hydrogen-bond acceptors (Lipinski definition) is 5. The number of likely N-dealkylation sites (tertiary alicyclic amines) is 1. The Hall–Kier alpha value is -3.06. The number of pyridine rings is 1. The lowest BCUT2D eigenvalue weighted by atomic mass is 10.0. The van der Waals surface area contributed by atoms with Crippen molar-refractivity contribution in [3.8, 4) is 5.82 Å². The zero-order valence-electron chi connectivity index (χ0n) is 14.3. The minimum absolute atomic E-state index is 0.0339. The average molecular weight is 348 g/mol. The zero-order chi connectivity index (χ0) is 17.8. The molecule has 0 unspecified atom stereocenters. The molecule has 0 bridgehead atoms. The normalized spacial score (nSPS) is 15.7. The Morgan fingerprint density at radius 2 is 1.88 bits per heavy atom. The van der Waals surface area contributed by atoms with Crippen LogP contribution in [0.4, 0.5) is 5.69 Å². The van der Waals surface area contributed by atoms with E-state index in [2.05, 4.69) is 25.3 Å². The standard InChI is InChI=1S/C19H20N6O/c26-19(18(24-10-4-5-11-24)15-6-2-1-3-7-15)23-16-8-9-17(21-12-16)25-14-20-13-22-25/h1-3,6-9,12-14,18H,4-5,10-11H2,(H,23,26)/t18-/m1/s1. The van der Waals surface area contributed by atoms with Crippen LogP contribution in [0, 0.1) is 0 Å². The molecule has 132 valence electrons. The minimum atomic E-state index is -0.284. The Morgan fingerprint density at radius 1 is 1.08 bits per heavy atom. The van der Waals surface area contributed by atoms with Crippen LogP contribution in [0.25, 0.3) is 5.82 Å². The summed E-state index contributed by atoms with van der Waals surface area (Å²) in [6.07, 6.45) is 6.94. The molecule has 4 rings (SSSR count). The van der Waals surface area contributed by atoms with Crippen molar-refractivity contribution in [3.63, 3.8) is 0 Å². The number of carbonyl (C=O) groups excluding carboxylic acids is 1. The molecule has 1 N–H and O–H groups in total. The van der Waals surface area contributed by atoms with Crippen LogP contribution in [0.3, 0.4) is 0 Å². The van der Waals surface area contributed by atoms with E-state index in [4.69, 9.17) is 0 Å². The van der Waals surface area contributed by atoms with Gasteiger partial charge in [-0.05, 0) is 43.6 Å². The molecule has 0 saturated carbocycles. The number of amides is 1. The van der Waals surface area contributed by atoms with E-state index < -0.39 is 0 Å². The highest BCUT2D eigenvalue weighted by Crippen LogP contribution is 2.26. The van der Waals surface area contributed by atoms with Crippen molar-refractivity contribution < 1.29 is 4.79 Å². The first-order chi connectivity index (χ1) is 12.8. The molecule has 7 nitrogen and oxygen atoms in total. The van der Waals surface area contributed by atoms with Crippen molar-refractivity contribution in [2.75, 3.05) is 18.4 Å². The van der Waals surface area contributed by atoms with Crippen LogP contribution in [0.1, 0.15) is 24.4 Å². The van der Waals surface area contributed by atoms with Gasteiger partial charge in [0.05, 0.1) is 11.9 Å². The summed E-state index contributed by atoms with van der Waals surface area (Å²) in [4.78, 5) is 23.5. The van der Waals surface area contributed by atoms with Gasteiger partial charge in [-0.25, -0.2) is 14.6 Å². The predicted molar refractivity (Wildman–Crippen MR) is 97.8 cm³/mol. The number of nitrogens with zero attached hydrogens (tertiary/aromatic N) is 5. The molecule has 1 aliphatic rings. The zero-order valence-corrected chi connectivity index (χ0v) is 14.3. The molecule has 0 aliphatic carbocycles. The van der Waals surface area contributed by atoms with Gasteiger partial charge < -0.3 is 5.32 Å². The van der Waals surface area contributed by atoms with Gasteiger partial charge in [0.1, 0.15) is 18.7 Å².